The molecule has 1 heterocycles. The number of hydrogen-bond donors (Lipinski definition) is 1. The van der Waals surface area contributed by atoms with Gasteiger partial charge in [-0.3, -0.25) is 4.99 Å². The van der Waals surface area contributed by atoms with Crippen LogP contribution in [-0.2, 0) is 6.61 Å². The number of nitrogens with zero attached hydrogens (tertiary/aromatic N) is 1. The molecule has 208 valence electrons. The molecule has 0 fully saturated rings. The Morgan fingerprint density at radius 1 is 0.927 bits per heavy atom. The Hall–Kier alpha value is -3.58. The summed E-state index contributed by atoms with van der Waals surface area (Å²) in [4.78, 5) is 4.79. The first-order valence-electron chi connectivity index (χ1n) is 14.3. The number of allylic oxidation sites excluding steroid dienone is 2. The number of hydrogen-bond acceptors (Lipinski definition) is 4. The average Bonchev–Trinajstić information content (AvgIpc) is 3.47. The van der Waals surface area contributed by atoms with Gasteiger partial charge >= 0.3 is 0 Å². The molecule has 0 saturated heterocycles. The standard InChI is InChI=1S/C36H35IN2O2/c1-4-40-34-20-26(19-32(37)36(34)41-22-25-11-8-23(2)9-12-25)21-38-28-15-13-27(14-16-28)35-30-7-5-6-29(30)31-18-24(3)10-17-33(31)39-35/h5-6,8-21,29-30,35,39H,4,7,22H2,1-3H3/t29-,30-,35-/m0/s1. The van der Waals surface area contributed by atoms with Gasteiger partial charge in [0.2, 0.25) is 0 Å². The van der Waals surface area contributed by atoms with E-state index < -0.39 is 0 Å². The molecule has 2 aliphatic rings. The van der Waals surface area contributed by atoms with Crippen LogP contribution in [0, 0.1) is 23.3 Å². The summed E-state index contributed by atoms with van der Waals surface area (Å²) in [6, 6.07) is 28.2. The molecule has 6 rings (SSSR count). The number of fused-ring (bicyclic) bond motifs is 3. The largest absolute Gasteiger partial charge is 0.490 e. The summed E-state index contributed by atoms with van der Waals surface area (Å²) < 4.78 is 13.2. The minimum absolute atomic E-state index is 0.283. The van der Waals surface area contributed by atoms with Gasteiger partial charge in [-0.1, -0.05) is 71.8 Å². The number of rotatable bonds is 8. The topological polar surface area (TPSA) is 42.8 Å². The number of nitrogens with one attached hydrogen (secondary N) is 1. The lowest BCUT2D eigenvalue weighted by molar-refractivity contribution is 0.267. The second-order valence-electron chi connectivity index (χ2n) is 11.0. The van der Waals surface area contributed by atoms with E-state index in [2.05, 4.69) is 127 Å². The summed E-state index contributed by atoms with van der Waals surface area (Å²) in [6.45, 7) is 7.31. The summed E-state index contributed by atoms with van der Waals surface area (Å²) in [7, 11) is 0. The van der Waals surface area contributed by atoms with Gasteiger partial charge in [-0.25, -0.2) is 0 Å². The maximum atomic E-state index is 6.21. The van der Waals surface area contributed by atoms with Gasteiger partial charge in [-0.2, -0.15) is 0 Å². The van der Waals surface area contributed by atoms with E-state index in [1.807, 2.05) is 19.2 Å². The summed E-state index contributed by atoms with van der Waals surface area (Å²) in [5.74, 6) is 2.51. The van der Waals surface area contributed by atoms with Crippen molar-refractivity contribution in [3.05, 3.63) is 128 Å². The Morgan fingerprint density at radius 2 is 1.71 bits per heavy atom. The third-order valence-corrected chi connectivity index (χ3v) is 8.77. The predicted octanol–water partition coefficient (Wildman–Crippen LogP) is 9.46. The summed E-state index contributed by atoms with van der Waals surface area (Å²) in [6.07, 6.45) is 7.74. The molecule has 5 heteroatoms. The molecule has 4 aromatic rings. The number of ether oxygens (including phenoxy) is 2. The zero-order valence-electron chi connectivity index (χ0n) is 23.7. The number of aryl methyl sites for hydroxylation is 2. The van der Waals surface area contributed by atoms with Gasteiger partial charge in [0, 0.05) is 17.8 Å². The summed E-state index contributed by atoms with van der Waals surface area (Å²) in [5, 5.41) is 3.84. The molecule has 1 aliphatic heterocycles. The fourth-order valence-electron chi connectivity index (χ4n) is 5.87. The monoisotopic (exact) mass is 654 g/mol. The Kier molecular flexibility index (Phi) is 8.15. The highest BCUT2D eigenvalue weighted by molar-refractivity contribution is 14.1. The quantitative estimate of drug-likeness (QED) is 0.117. The number of benzene rings is 4. The second kappa shape index (κ2) is 12.1. The van der Waals surface area contributed by atoms with E-state index in [1.165, 1.54) is 27.9 Å². The molecule has 0 saturated carbocycles. The molecule has 4 nitrogen and oxygen atoms in total. The first-order chi connectivity index (χ1) is 20.0. The molecule has 41 heavy (non-hydrogen) atoms. The molecule has 0 unspecified atom stereocenters. The van der Waals surface area contributed by atoms with Crippen molar-refractivity contribution in [1.82, 2.24) is 0 Å². The van der Waals surface area contributed by atoms with Crippen LogP contribution in [-0.4, -0.2) is 12.8 Å². The van der Waals surface area contributed by atoms with Gasteiger partial charge in [0.1, 0.15) is 6.61 Å². The van der Waals surface area contributed by atoms with Crippen LogP contribution in [0.5, 0.6) is 11.5 Å². The Labute approximate surface area is 256 Å². The molecule has 1 N–H and O–H groups in total. The van der Waals surface area contributed by atoms with Gasteiger partial charge in [0.25, 0.3) is 0 Å². The summed E-state index contributed by atoms with van der Waals surface area (Å²) >= 11 is 2.32. The van der Waals surface area contributed by atoms with Crippen LogP contribution in [0.4, 0.5) is 11.4 Å². The highest BCUT2D eigenvalue weighted by Crippen LogP contribution is 2.50. The Bertz CT molecular complexity index is 1590. The third-order valence-electron chi connectivity index (χ3n) is 7.97. The highest BCUT2D eigenvalue weighted by Gasteiger charge is 2.37. The van der Waals surface area contributed by atoms with Crippen molar-refractivity contribution in [2.75, 3.05) is 11.9 Å². The first-order valence-corrected chi connectivity index (χ1v) is 15.4. The number of anilines is 1. The average molecular weight is 655 g/mol. The lowest BCUT2D eigenvalue weighted by Crippen LogP contribution is -2.29. The van der Waals surface area contributed by atoms with Crippen LogP contribution in [0.3, 0.4) is 0 Å². The fourth-order valence-corrected chi connectivity index (χ4v) is 6.65. The van der Waals surface area contributed by atoms with Crippen molar-refractivity contribution in [1.29, 1.82) is 0 Å². The molecule has 0 amide bonds. The Balaban J connectivity index is 1.17. The van der Waals surface area contributed by atoms with E-state index in [1.54, 1.807) is 0 Å². The van der Waals surface area contributed by atoms with Crippen LogP contribution in [0.2, 0.25) is 0 Å². The Morgan fingerprint density at radius 3 is 2.49 bits per heavy atom. The van der Waals surface area contributed by atoms with Crippen molar-refractivity contribution < 1.29 is 9.47 Å². The summed E-state index contributed by atoms with van der Waals surface area (Å²) in [5.41, 5.74) is 9.57. The van der Waals surface area contributed by atoms with Crippen LogP contribution >= 0.6 is 22.6 Å². The molecule has 1 aliphatic carbocycles. The van der Waals surface area contributed by atoms with Crippen molar-refractivity contribution in [2.45, 2.75) is 45.8 Å². The van der Waals surface area contributed by atoms with Gasteiger partial charge in [0.05, 0.1) is 21.9 Å². The molecule has 0 spiro atoms. The van der Waals surface area contributed by atoms with Gasteiger partial charge in [-0.05, 0) is 108 Å². The van der Waals surface area contributed by atoms with E-state index >= 15 is 0 Å². The highest BCUT2D eigenvalue weighted by atomic mass is 127. The molecule has 0 aromatic heterocycles. The smallest absolute Gasteiger partial charge is 0.175 e. The van der Waals surface area contributed by atoms with Crippen molar-refractivity contribution >= 4 is 40.2 Å². The van der Waals surface area contributed by atoms with Crippen molar-refractivity contribution in [3.63, 3.8) is 0 Å². The molecule has 3 atom stereocenters. The van der Waals surface area contributed by atoms with E-state index in [0.717, 1.165) is 38.3 Å². The first kappa shape index (κ1) is 27.6. The molecule has 4 aromatic carbocycles. The van der Waals surface area contributed by atoms with Gasteiger partial charge < -0.3 is 14.8 Å². The van der Waals surface area contributed by atoms with Crippen molar-refractivity contribution in [3.8, 4) is 11.5 Å². The lowest BCUT2D eigenvalue weighted by atomic mass is 9.76. The van der Waals surface area contributed by atoms with Crippen LogP contribution in [0.1, 0.15) is 58.7 Å². The van der Waals surface area contributed by atoms with E-state index in [0.29, 0.717) is 25.0 Å². The number of aliphatic imine (C=N–C) groups is 1. The molecule has 0 radical (unpaired) electrons. The number of halogens is 1. The maximum absolute atomic E-state index is 6.21. The van der Waals surface area contributed by atoms with Crippen LogP contribution in [0.15, 0.2) is 96.0 Å². The maximum Gasteiger partial charge on any atom is 0.175 e. The van der Waals surface area contributed by atoms with Crippen LogP contribution < -0.4 is 14.8 Å². The minimum atomic E-state index is 0.283. The molecular formula is C36H35IN2O2. The van der Waals surface area contributed by atoms with Crippen molar-refractivity contribution in [2.24, 2.45) is 10.9 Å². The lowest BCUT2D eigenvalue weighted by Gasteiger charge is -2.37. The van der Waals surface area contributed by atoms with Gasteiger partial charge in [-0.15, -0.1) is 0 Å². The molecule has 0 bridgehead atoms. The molecular weight excluding hydrogens is 619 g/mol. The van der Waals surface area contributed by atoms with Gasteiger partial charge in [0.15, 0.2) is 11.5 Å². The minimum Gasteiger partial charge on any atom is -0.490 e. The zero-order chi connectivity index (χ0) is 28.3. The van der Waals surface area contributed by atoms with E-state index in [4.69, 9.17) is 14.5 Å². The second-order valence-corrected chi connectivity index (χ2v) is 12.1. The SMILES string of the molecule is CCOc1cc(C=Nc2ccc([C@@H]3Nc4ccc(C)cc4[C@H]4C=CC[C@@H]43)cc2)cc(I)c1OCc1ccc(C)cc1. The van der Waals surface area contributed by atoms with E-state index in [-0.39, 0.29) is 6.04 Å². The predicted molar refractivity (Wildman–Crippen MR) is 177 cm³/mol. The third kappa shape index (κ3) is 6.05. The van der Waals surface area contributed by atoms with E-state index in [9.17, 15) is 0 Å². The normalized spacial score (nSPS) is 19.1. The van der Waals surface area contributed by atoms with Crippen LogP contribution in [0.25, 0.3) is 0 Å². The zero-order valence-corrected chi connectivity index (χ0v) is 25.9. The fraction of sp³-hybridized carbons (Fsp3) is 0.250.